The summed E-state index contributed by atoms with van der Waals surface area (Å²) in [5.41, 5.74) is 4.28. The fourth-order valence-electron chi connectivity index (χ4n) is 3.92. The van der Waals surface area contributed by atoms with E-state index in [-0.39, 0.29) is 10.6 Å². The molecule has 0 radical (unpaired) electrons. The van der Waals surface area contributed by atoms with Gasteiger partial charge in [0.05, 0.1) is 21.6 Å². The summed E-state index contributed by atoms with van der Waals surface area (Å²) < 4.78 is 31.7. The second kappa shape index (κ2) is 6.56. The van der Waals surface area contributed by atoms with E-state index in [0.717, 1.165) is 35.9 Å². The molecule has 0 amide bonds. The molecule has 0 saturated carbocycles. The molecule has 1 N–H and O–H groups in total. The average Bonchev–Trinajstić information content (AvgIpc) is 3.21. The molecule has 2 aromatic carbocycles. The summed E-state index contributed by atoms with van der Waals surface area (Å²) in [5, 5.41) is 0. The van der Waals surface area contributed by atoms with Crippen LogP contribution in [0.4, 0.5) is 5.69 Å². The van der Waals surface area contributed by atoms with E-state index in [1.807, 2.05) is 19.9 Å². The molecule has 7 heteroatoms. The van der Waals surface area contributed by atoms with Gasteiger partial charge in [0.25, 0.3) is 10.0 Å². The zero-order chi connectivity index (χ0) is 19.2. The average molecular weight is 385 g/mol. The molecule has 142 valence electrons. The lowest BCUT2D eigenvalue weighted by molar-refractivity contribution is 0.601. The molecule has 0 atom stereocenters. The van der Waals surface area contributed by atoms with Gasteiger partial charge >= 0.3 is 5.69 Å². The number of fused-ring (bicyclic) bond motifs is 2. The number of hydrogen-bond donors (Lipinski definition) is 1. The van der Waals surface area contributed by atoms with Crippen molar-refractivity contribution in [2.75, 3.05) is 4.72 Å². The molecule has 0 saturated heterocycles. The quantitative estimate of drug-likeness (QED) is 0.733. The number of nitrogens with one attached hydrogen (secondary N) is 1. The standard InChI is InChI=1S/C20H23N3O3S/c1-3-22-18-11-9-16(13-19(18)23(4-2)20(22)24)21-27(25,26)17-10-8-14-6-5-7-15(14)12-17/h8-13,21H,3-7H2,1-2H3. The topological polar surface area (TPSA) is 73.1 Å². The molecule has 0 unspecified atom stereocenters. The monoisotopic (exact) mass is 385 g/mol. The van der Waals surface area contributed by atoms with Gasteiger partial charge in [-0.3, -0.25) is 13.9 Å². The molecular formula is C20H23N3O3S. The summed E-state index contributed by atoms with van der Waals surface area (Å²) in [6, 6.07) is 10.6. The molecule has 1 aliphatic rings. The first-order chi connectivity index (χ1) is 12.9. The molecule has 1 aromatic heterocycles. The van der Waals surface area contributed by atoms with Crippen molar-refractivity contribution in [1.29, 1.82) is 0 Å². The Balaban J connectivity index is 1.73. The molecule has 0 bridgehead atoms. The Morgan fingerprint density at radius 3 is 2.37 bits per heavy atom. The highest BCUT2D eigenvalue weighted by Crippen LogP contribution is 2.26. The van der Waals surface area contributed by atoms with Crippen LogP contribution in [0, 0.1) is 0 Å². The first kappa shape index (κ1) is 17.9. The van der Waals surface area contributed by atoms with Crippen molar-refractivity contribution < 1.29 is 8.42 Å². The Bertz CT molecular complexity index is 1190. The minimum atomic E-state index is -3.68. The maximum absolute atomic E-state index is 12.8. The number of rotatable bonds is 5. The zero-order valence-electron chi connectivity index (χ0n) is 15.5. The Morgan fingerprint density at radius 2 is 1.63 bits per heavy atom. The number of sulfonamides is 1. The van der Waals surface area contributed by atoms with Gasteiger partial charge < -0.3 is 0 Å². The molecule has 27 heavy (non-hydrogen) atoms. The van der Waals surface area contributed by atoms with Gasteiger partial charge in [0, 0.05) is 13.1 Å². The van der Waals surface area contributed by atoms with Crippen LogP contribution in [0.1, 0.15) is 31.4 Å². The predicted molar refractivity (Wildman–Crippen MR) is 107 cm³/mol. The second-order valence-corrected chi connectivity index (χ2v) is 8.55. The molecule has 1 aliphatic carbocycles. The molecule has 4 rings (SSSR count). The molecule has 0 spiro atoms. The highest BCUT2D eigenvalue weighted by molar-refractivity contribution is 7.92. The molecule has 6 nitrogen and oxygen atoms in total. The van der Waals surface area contributed by atoms with E-state index in [0.29, 0.717) is 18.8 Å². The number of aryl methyl sites for hydroxylation is 4. The largest absolute Gasteiger partial charge is 0.329 e. The fourth-order valence-corrected chi connectivity index (χ4v) is 5.02. The van der Waals surface area contributed by atoms with Crippen molar-refractivity contribution >= 4 is 26.7 Å². The van der Waals surface area contributed by atoms with E-state index < -0.39 is 10.0 Å². The molecular weight excluding hydrogens is 362 g/mol. The van der Waals surface area contributed by atoms with Crippen LogP contribution in [0.25, 0.3) is 11.0 Å². The van der Waals surface area contributed by atoms with Gasteiger partial charge in [0.1, 0.15) is 0 Å². The summed E-state index contributed by atoms with van der Waals surface area (Å²) in [6.45, 7) is 4.93. The van der Waals surface area contributed by atoms with Gasteiger partial charge in [-0.2, -0.15) is 0 Å². The lowest BCUT2D eigenvalue weighted by atomic mass is 10.1. The minimum absolute atomic E-state index is 0.0753. The summed E-state index contributed by atoms with van der Waals surface area (Å²) in [4.78, 5) is 12.7. The van der Waals surface area contributed by atoms with E-state index >= 15 is 0 Å². The summed E-state index contributed by atoms with van der Waals surface area (Å²) in [6.07, 6.45) is 3.02. The van der Waals surface area contributed by atoms with Crippen LogP contribution in [0.2, 0.25) is 0 Å². The molecule has 3 aromatic rings. The SMILES string of the molecule is CCn1c(=O)n(CC)c2cc(NS(=O)(=O)c3ccc4c(c3)CCC4)ccc21. The van der Waals surface area contributed by atoms with Gasteiger partial charge in [0.2, 0.25) is 0 Å². The van der Waals surface area contributed by atoms with Crippen LogP contribution < -0.4 is 10.4 Å². The fraction of sp³-hybridized carbons (Fsp3) is 0.350. The minimum Gasteiger partial charge on any atom is -0.292 e. The number of anilines is 1. The zero-order valence-corrected chi connectivity index (χ0v) is 16.3. The van der Waals surface area contributed by atoms with Gasteiger partial charge in [0.15, 0.2) is 0 Å². The van der Waals surface area contributed by atoms with E-state index in [4.69, 9.17) is 0 Å². The van der Waals surface area contributed by atoms with Crippen LogP contribution in [0.3, 0.4) is 0 Å². The molecule has 1 heterocycles. The summed E-state index contributed by atoms with van der Waals surface area (Å²) >= 11 is 0. The van der Waals surface area contributed by atoms with Crippen molar-refractivity contribution in [1.82, 2.24) is 9.13 Å². The van der Waals surface area contributed by atoms with Crippen LogP contribution in [0.15, 0.2) is 46.1 Å². The number of aromatic nitrogens is 2. The first-order valence-corrected chi connectivity index (χ1v) is 10.8. The number of benzene rings is 2. The van der Waals surface area contributed by atoms with Crippen molar-refractivity contribution in [3.8, 4) is 0 Å². The van der Waals surface area contributed by atoms with Gasteiger partial charge in [-0.15, -0.1) is 0 Å². The van der Waals surface area contributed by atoms with E-state index in [1.165, 1.54) is 5.56 Å². The highest BCUT2D eigenvalue weighted by atomic mass is 32.2. The van der Waals surface area contributed by atoms with Crippen LogP contribution >= 0.6 is 0 Å². The van der Waals surface area contributed by atoms with Gasteiger partial charge in [-0.05, 0) is 74.6 Å². The Labute approximate surface area is 158 Å². The van der Waals surface area contributed by atoms with Crippen molar-refractivity contribution in [3.05, 3.63) is 58.0 Å². The number of hydrogen-bond acceptors (Lipinski definition) is 3. The lowest BCUT2D eigenvalue weighted by Crippen LogP contribution is -2.23. The Morgan fingerprint density at radius 1 is 0.926 bits per heavy atom. The normalized spacial score (nSPS) is 13.9. The highest BCUT2D eigenvalue weighted by Gasteiger charge is 2.19. The van der Waals surface area contributed by atoms with Crippen LogP contribution in [-0.2, 0) is 36.0 Å². The van der Waals surface area contributed by atoms with Crippen molar-refractivity contribution in [2.24, 2.45) is 0 Å². The maximum atomic E-state index is 12.8. The number of imidazole rings is 1. The lowest BCUT2D eigenvalue weighted by Gasteiger charge is -2.10. The predicted octanol–water partition coefficient (Wildman–Crippen LogP) is 3.13. The van der Waals surface area contributed by atoms with Crippen molar-refractivity contribution in [3.63, 3.8) is 0 Å². The van der Waals surface area contributed by atoms with Crippen LogP contribution in [-0.4, -0.2) is 17.6 Å². The van der Waals surface area contributed by atoms with E-state index in [1.54, 1.807) is 39.5 Å². The van der Waals surface area contributed by atoms with Crippen LogP contribution in [0.5, 0.6) is 0 Å². The third-order valence-corrected chi connectivity index (χ3v) is 6.66. The smallest absolute Gasteiger partial charge is 0.292 e. The second-order valence-electron chi connectivity index (χ2n) is 6.86. The summed E-state index contributed by atoms with van der Waals surface area (Å²) in [7, 11) is -3.68. The maximum Gasteiger partial charge on any atom is 0.329 e. The Hall–Kier alpha value is -2.54. The molecule has 0 aliphatic heterocycles. The number of nitrogens with zero attached hydrogens (tertiary/aromatic N) is 2. The summed E-state index contributed by atoms with van der Waals surface area (Å²) in [5.74, 6) is 0. The first-order valence-electron chi connectivity index (χ1n) is 9.32. The van der Waals surface area contributed by atoms with E-state index in [2.05, 4.69) is 4.72 Å². The van der Waals surface area contributed by atoms with Gasteiger partial charge in [-0.25, -0.2) is 13.2 Å². The van der Waals surface area contributed by atoms with Gasteiger partial charge in [-0.1, -0.05) is 6.07 Å². The molecule has 0 fully saturated rings. The third kappa shape index (κ3) is 2.96. The van der Waals surface area contributed by atoms with Crippen molar-refractivity contribution in [2.45, 2.75) is 51.1 Å². The Kier molecular flexibility index (Phi) is 4.34. The third-order valence-electron chi connectivity index (χ3n) is 5.28. The van der Waals surface area contributed by atoms with E-state index in [9.17, 15) is 13.2 Å².